The summed E-state index contributed by atoms with van der Waals surface area (Å²) in [4.78, 5) is 27.7. The van der Waals surface area contributed by atoms with Crippen LogP contribution in [0.5, 0.6) is 11.6 Å². The molecule has 0 aliphatic carbocycles. The van der Waals surface area contributed by atoms with Crippen LogP contribution in [-0.4, -0.2) is 46.0 Å². The minimum absolute atomic E-state index is 0.156. The Bertz CT molecular complexity index is 1320. The Hall–Kier alpha value is -3.78. The van der Waals surface area contributed by atoms with Crippen LogP contribution in [-0.2, 0) is 0 Å². The van der Waals surface area contributed by atoms with Crippen molar-refractivity contribution in [3.63, 3.8) is 0 Å². The second kappa shape index (κ2) is 8.99. The molecule has 1 atom stereocenters. The molecule has 0 spiro atoms. The predicted molar refractivity (Wildman–Crippen MR) is 125 cm³/mol. The molecule has 168 valence electrons. The number of H-pyrrole nitrogens is 1. The van der Waals surface area contributed by atoms with E-state index in [1.54, 1.807) is 6.07 Å². The number of piperazine rings is 1. The van der Waals surface area contributed by atoms with E-state index in [1.165, 1.54) is 24.5 Å². The van der Waals surface area contributed by atoms with Gasteiger partial charge in [0, 0.05) is 49.7 Å². The highest BCUT2D eigenvalue weighted by atomic mass is 19.1. The summed E-state index contributed by atoms with van der Waals surface area (Å²) in [6.45, 7) is 5.52. The van der Waals surface area contributed by atoms with Crippen molar-refractivity contribution in [3.05, 3.63) is 88.7 Å². The van der Waals surface area contributed by atoms with Crippen molar-refractivity contribution >= 4 is 16.7 Å². The molecule has 1 aliphatic heterocycles. The summed E-state index contributed by atoms with van der Waals surface area (Å²) in [7, 11) is 0. The molecule has 0 unspecified atom stereocenters. The van der Waals surface area contributed by atoms with Gasteiger partial charge in [-0.2, -0.15) is 0 Å². The number of halogens is 1. The van der Waals surface area contributed by atoms with E-state index < -0.39 is 0 Å². The monoisotopic (exact) mass is 445 g/mol. The standard InChI is InChI=1S/C25H24FN5O2/c1-17(18-5-7-19(26)8-6-18)30-11-13-31(14-12-30)23-15-25(28-16-27-23)33-22-4-2-3-21-20(22)9-10-24(32)29-21/h2-10,15-17H,11-14H2,1H3,(H,29,32)/t17-/m1/s1. The summed E-state index contributed by atoms with van der Waals surface area (Å²) in [6, 6.07) is 17.5. The molecule has 33 heavy (non-hydrogen) atoms. The van der Waals surface area contributed by atoms with Crippen LogP contribution in [0, 0.1) is 5.82 Å². The first-order valence-electron chi connectivity index (χ1n) is 10.9. The Balaban J connectivity index is 1.28. The van der Waals surface area contributed by atoms with Gasteiger partial charge in [0.2, 0.25) is 11.4 Å². The van der Waals surface area contributed by atoms with Gasteiger partial charge in [-0.25, -0.2) is 14.4 Å². The van der Waals surface area contributed by atoms with E-state index in [4.69, 9.17) is 4.74 Å². The largest absolute Gasteiger partial charge is 0.438 e. The topological polar surface area (TPSA) is 74.3 Å². The third kappa shape index (κ3) is 4.56. The lowest BCUT2D eigenvalue weighted by atomic mass is 10.1. The van der Waals surface area contributed by atoms with E-state index in [0.29, 0.717) is 17.1 Å². The number of pyridine rings is 1. The van der Waals surface area contributed by atoms with Gasteiger partial charge < -0.3 is 14.6 Å². The lowest BCUT2D eigenvalue weighted by Crippen LogP contribution is -2.47. The minimum Gasteiger partial charge on any atom is -0.438 e. The molecule has 1 saturated heterocycles. The number of rotatable bonds is 5. The van der Waals surface area contributed by atoms with Gasteiger partial charge in [-0.15, -0.1) is 0 Å². The SMILES string of the molecule is C[C@H](c1ccc(F)cc1)N1CCN(c2cc(Oc3cccc4[nH]c(=O)ccc34)ncn2)CC1. The molecule has 0 saturated carbocycles. The molecule has 2 aromatic heterocycles. The number of fused-ring (bicyclic) bond motifs is 1. The lowest BCUT2D eigenvalue weighted by Gasteiger charge is -2.38. The first-order chi connectivity index (χ1) is 16.1. The van der Waals surface area contributed by atoms with Crippen LogP contribution in [0.2, 0.25) is 0 Å². The van der Waals surface area contributed by atoms with E-state index in [2.05, 4.69) is 31.7 Å². The second-order valence-corrected chi connectivity index (χ2v) is 8.11. The van der Waals surface area contributed by atoms with Crippen LogP contribution in [0.3, 0.4) is 0 Å². The Kier molecular flexibility index (Phi) is 5.75. The first-order valence-corrected chi connectivity index (χ1v) is 10.9. The van der Waals surface area contributed by atoms with Crippen molar-refractivity contribution < 1.29 is 9.13 Å². The van der Waals surface area contributed by atoms with E-state index in [0.717, 1.165) is 42.9 Å². The number of anilines is 1. The summed E-state index contributed by atoms with van der Waals surface area (Å²) >= 11 is 0. The lowest BCUT2D eigenvalue weighted by molar-refractivity contribution is 0.198. The van der Waals surface area contributed by atoms with Gasteiger partial charge in [0.05, 0.1) is 5.52 Å². The normalized spacial score (nSPS) is 15.5. The molecule has 0 amide bonds. The molecule has 2 aromatic carbocycles. The first kappa shape index (κ1) is 21.1. The van der Waals surface area contributed by atoms with Crippen molar-refractivity contribution in [1.29, 1.82) is 0 Å². The van der Waals surface area contributed by atoms with Crippen molar-refractivity contribution in [2.45, 2.75) is 13.0 Å². The average Bonchev–Trinajstić information content (AvgIpc) is 2.84. The maximum absolute atomic E-state index is 13.2. The number of benzene rings is 2. The predicted octanol–water partition coefficient (Wildman–Crippen LogP) is 4.13. The van der Waals surface area contributed by atoms with Crippen molar-refractivity contribution in [3.8, 4) is 11.6 Å². The number of aromatic nitrogens is 3. The zero-order chi connectivity index (χ0) is 22.8. The van der Waals surface area contributed by atoms with Crippen molar-refractivity contribution in [2.75, 3.05) is 31.1 Å². The maximum Gasteiger partial charge on any atom is 0.248 e. The quantitative estimate of drug-likeness (QED) is 0.498. The fourth-order valence-electron chi connectivity index (χ4n) is 4.21. The second-order valence-electron chi connectivity index (χ2n) is 8.11. The number of nitrogens with zero attached hydrogens (tertiary/aromatic N) is 4. The van der Waals surface area contributed by atoms with E-state index in [-0.39, 0.29) is 17.4 Å². The molecule has 5 rings (SSSR count). The molecule has 3 heterocycles. The van der Waals surface area contributed by atoms with Gasteiger partial charge in [-0.1, -0.05) is 18.2 Å². The third-order valence-corrected chi connectivity index (χ3v) is 6.11. The smallest absolute Gasteiger partial charge is 0.248 e. The number of hydrogen-bond donors (Lipinski definition) is 1. The van der Waals surface area contributed by atoms with Crippen LogP contribution in [0.15, 0.2) is 71.8 Å². The van der Waals surface area contributed by atoms with Gasteiger partial charge in [0.25, 0.3) is 0 Å². The highest BCUT2D eigenvalue weighted by Crippen LogP contribution is 2.29. The summed E-state index contributed by atoms with van der Waals surface area (Å²) in [5, 5.41) is 0.806. The van der Waals surface area contributed by atoms with Gasteiger partial charge >= 0.3 is 0 Å². The van der Waals surface area contributed by atoms with Gasteiger partial charge in [-0.05, 0) is 42.8 Å². The van der Waals surface area contributed by atoms with Crippen LogP contribution in [0.4, 0.5) is 10.2 Å². The summed E-state index contributed by atoms with van der Waals surface area (Å²) in [5.41, 5.74) is 1.66. The molecule has 7 nitrogen and oxygen atoms in total. The Morgan fingerprint density at radius 2 is 1.79 bits per heavy atom. The summed E-state index contributed by atoms with van der Waals surface area (Å²) < 4.78 is 19.3. The molecule has 4 aromatic rings. The molecule has 1 N–H and O–H groups in total. The van der Waals surface area contributed by atoms with E-state index >= 15 is 0 Å². The Labute approximate surface area is 190 Å². The molecule has 0 bridgehead atoms. The molecular formula is C25H24FN5O2. The van der Waals surface area contributed by atoms with Crippen LogP contribution < -0.4 is 15.2 Å². The maximum atomic E-state index is 13.2. The summed E-state index contributed by atoms with van der Waals surface area (Å²) in [6.07, 6.45) is 1.51. The minimum atomic E-state index is -0.214. The highest BCUT2D eigenvalue weighted by Gasteiger charge is 2.23. The van der Waals surface area contributed by atoms with Crippen LogP contribution >= 0.6 is 0 Å². The molecule has 0 radical (unpaired) electrons. The van der Waals surface area contributed by atoms with Gasteiger partial charge in [-0.3, -0.25) is 9.69 Å². The Morgan fingerprint density at radius 3 is 2.58 bits per heavy atom. The molecule has 1 aliphatic rings. The molecule has 1 fully saturated rings. The van der Waals surface area contributed by atoms with E-state index in [1.807, 2.05) is 36.4 Å². The van der Waals surface area contributed by atoms with Gasteiger partial charge in [0.1, 0.15) is 23.7 Å². The van der Waals surface area contributed by atoms with Gasteiger partial charge in [0.15, 0.2) is 0 Å². The number of aromatic amines is 1. The van der Waals surface area contributed by atoms with E-state index in [9.17, 15) is 9.18 Å². The molecular weight excluding hydrogens is 421 g/mol. The third-order valence-electron chi connectivity index (χ3n) is 6.11. The van der Waals surface area contributed by atoms with Crippen LogP contribution in [0.1, 0.15) is 18.5 Å². The van der Waals surface area contributed by atoms with Crippen LogP contribution in [0.25, 0.3) is 10.9 Å². The fourth-order valence-corrected chi connectivity index (χ4v) is 4.21. The number of ether oxygens (including phenoxy) is 1. The average molecular weight is 445 g/mol. The zero-order valence-electron chi connectivity index (χ0n) is 18.2. The zero-order valence-corrected chi connectivity index (χ0v) is 18.2. The Morgan fingerprint density at radius 1 is 1.00 bits per heavy atom. The van der Waals surface area contributed by atoms with Crippen molar-refractivity contribution in [1.82, 2.24) is 19.9 Å². The fraction of sp³-hybridized carbons (Fsp3) is 0.240. The highest BCUT2D eigenvalue weighted by molar-refractivity contribution is 5.85. The number of hydrogen-bond acceptors (Lipinski definition) is 6. The summed E-state index contributed by atoms with van der Waals surface area (Å²) in [5.74, 6) is 1.66. The van der Waals surface area contributed by atoms with Crippen molar-refractivity contribution in [2.24, 2.45) is 0 Å². The number of nitrogens with one attached hydrogen (secondary N) is 1. The molecule has 8 heteroatoms.